The molecule has 1 aliphatic heterocycles. The quantitative estimate of drug-likeness (QED) is 0.891. The molecule has 15 heavy (non-hydrogen) atoms. The zero-order valence-electron chi connectivity index (χ0n) is 9.14. The van der Waals surface area contributed by atoms with Crippen molar-refractivity contribution >= 4 is 21.6 Å². The van der Waals surface area contributed by atoms with E-state index in [1.165, 1.54) is 11.3 Å². The second-order valence-corrected chi connectivity index (χ2v) is 5.25. The highest BCUT2D eigenvalue weighted by Crippen LogP contribution is 2.35. The lowest BCUT2D eigenvalue weighted by Crippen LogP contribution is -2.42. The highest BCUT2D eigenvalue weighted by Gasteiger charge is 2.29. The number of methoxy groups -OCH3 is 1. The third kappa shape index (κ3) is 2.18. The SMILES string of the molecule is COCC1(C)CCc2cccc(Br)c2N1. The van der Waals surface area contributed by atoms with Gasteiger partial charge in [0.25, 0.3) is 0 Å². The van der Waals surface area contributed by atoms with Gasteiger partial charge >= 0.3 is 0 Å². The topological polar surface area (TPSA) is 21.3 Å². The van der Waals surface area contributed by atoms with E-state index in [4.69, 9.17) is 4.74 Å². The van der Waals surface area contributed by atoms with Crippen LogP contribution in [0.4, 0.5) is 5.69 Å². The number of hydrogen-bond donors (Lipinski definition) is 1. The van der Waals surface area contributed by atoms with Crippen LogP contribution in [0.5, 0.6) is 0 Å². The van der Waals surface area contributed by atoms with Gasteiger partial charge in [0.05, 0.1) is 17.8 Å². The van der Waals surface area contributed by atoms with E-state index in [1.54, 1.807) is 7.11 Å². The molecule has 0 radical (unpaired) electrons. The Morgan fingerprint density at radius 1 is 1.53 bits per heavy atom. The second kappa shape index (κ2) is 4.14. The molecule has 1 aromatic carbocycles. The van der Waals surface area contributed by atoms with Crippen molar-refractivity contribution in [2.24, 2.45) is 0 Å². The first-order chi connectivity index (χ1) is 7.14. The average molecular weight is 270 g/mol. The minimum atomic E-state index is 0.0611. The van der Waals surface area contributed by atoms with Crippen LogP contribution in [-0.2, 0) is 11.2 Å². The fourth-order valence-electron chi connectivity index (χ4n) is 2.12. The molecule has 0 aliphatic carbocycles. The Morgan fingerprint density at radius 2 is 2.33 bits per heavy atom. The molecule has 1 N–H and O–H groups in total. The monoisotopic (exact) mass is 269 g/mol. The van der Waals surface area contributed by atoms with E-state index in [9.17, 15) is 0 Å². The van der Waals surface area contributed by atoms with Crippen LogP contribution in [0.2, 0.25) is 0 Å². The molecule has 82 valence electrons. The van der Waals surface area contributed by atoms with E-state index in [1.807, 2.05) is 0 Å². The number of ether oxygens (including phenoxy) is 1. The number of aryl methyl sites for hydroxylation is 1. The van der Waals surface area contributed by atoms with Gasteiger partial charge in [0.15, 0.2) is 0 Å². The number of hydrogen-bond acceptors (Lipinski definition) is 2. The molecule has 0 amide bonds. The van der Waals surface area contributed by atoms with E-state index in [0.29, 0.717) is 0 Å². The number of anilines is 1. The summed E-state index contributed by atoms with van der Waals surface area (Å²) in [4.78, 5) is 0. The third-order valence-electron chi connectivity index (χ3n) is 2.94. The number of benzene rings is 1. The standard InChI is InChI=1S/C12H16BrNO/c1-12(8-15-2)7-6-9-4-3-5-10(13)11(9)14-12/h3-5,14H,6-8H2,1-2H3. The van der Waals surface area contributed by atoms with E-state index < -0.39 is 0 Å². The number of para-hydroxylation sites is 1. The molecule has 0 spiro atoms. The van der Waals surface area contributed by atoms with Crippen LogP contribution >= 0.6 is 15.9 Å². The predicted molar refractivity (Wildman–Crippen MR) is 66.4 cm³/mol. The maximum atomic E-state index is 5.26. The maximum Gasteiger partial charge on any atom is 0.0690 e. The van der Waals surface area contributed by atoms with Gasteiger partial charge in [-0.15, -0.1) is 0 Å². The third-order valence-corrected chi connectivity index (χ3v) is 3.60. The first-order valence-electron chi connectivity index (χ1n) is 5.19. The minimum Gasteiger partial charge on any atom is -0.382 e. The van der Waals surface area contributed by atoms with Crippen LogP contribution < -0.4 is 5.32 Å². The summed E-state index contributed by atoms with van der Waals surface area (Å²) in [5, 5.41) is 3.57. The van der Waals surface area contributed by atoms with E-state index in [-0.39, 0.29) is 5.54 Å². The molecule has 3 heteroatoms. The summed E-state index contributed by atoms with van der Waals surface area (Å²) in [7, 11) is 1.75. The van der Waals surface area contributed by atoms with E-state index in [0.717, 1.165) is 23.9 Å². The van der Waals surface area contributed by atoms with E-state index >= 15 is 0 Å². The van der Waals surface area contributed by atoms with E-state index in [2.05, 4.69) is 46.4 Å². The summed E-state index contributed by atoms with van der Waals surface area (Å²) in [5.74, 6) is 0. The zero-order chi connectivity index (χ0) is 10.9. The van der Waals surface area contributed by atoms with Crippen molar-refractivity contribution in [1.29, 1.82) is 0 Å². The maximum absolute atomic E-state index is 5.26. The van der Waals surface area contributed by atoms with Crippen molar-refractivity contribution in [1.82, 2.24) is 0 Å². The Labute approximate surface area is 99.1 Å². The van der Waals surface area contributed by atoms with Gasteiger partial charge in [-0.1, -0.05) is 12.1 Å². The van der Waals surface area contributed by atoms with Crippen LogP contribution in [0.15, 0.2) is 22.7 Å². The molecule has 1 atom stereocenters. The lowest BCUT2D eigenvalue weighted by molar-refractivity contribution is 0.144. The summed E-state index contributed by atoms with van der Waals surface area (Å²) in [6.07, 6.45) is 2.23. The van der Waals surface area contributed by atoms with Crippen molar-refractivity contribution in [3.8, 4) is 0 Å². The predicted octanol–water partition coefficient (Wildman–Crippen LogP) is 3.21. The lowest BCUT2D eigenvalue weighted by atomic mass is 9.88. The molecule has 0 fully saturated rings. The number of halogens is 1. The smallest absolute Gasteiger partial charge is 0.0690 e. The lowest BCUT2D eigenvalue weighted by Gasteiger charge is -2.37. The highest BCUT2D eigenvalue weighted by atomic mass is 79.9. The van der Waals surface area contributed by atoms with Crippen molar-refractivity contribution in [2.45, 2.75) is 25.3 Å². The molecule has 1 aromatic rings. The fourth-order valence-corrected chi connectivity index (χ4v) is 2.63. The van der Waals surface area contributed by atoms with Gasteiger partial charge in [-0.3, -0.25) is 0 Å². The largest absolute Gasteiger partial charge is 0.382 e. The first-order valence-corrected chi connectivity index (χ1v) is 5.98. The summed E-state index contributed by atoms with van der Waals surface area (Å²) in [6.45, 7) is 2.95. The molecule has 0 aromatic heterocycles. The molecular formula is C12H16BrNO. The molecule has 1 heterocycles. The molecule has 1 unspecified atom stereocenters. The van der Waals surface area contributed by atoms with Crippen LogP contribution in [0.1, 0.15) is 18.9 Å². The van der Waals surface area contributed by atoms with Gasteiger partial charge in [0, 0.05) is 11.6 Å². The summed E-state index contributed by atoms with van der Waals surface area (Å²) < 4.78 is 6.40. The Bertz CT molecular complexity index is 367. The summed E-state index contributed by atoms with van der Waals surface area (Å²) >= 11 is 3.58. The Balaban J connectivity index is 2.29. The van der Waals surface area contributed by atoms with Crippen LogP contribution in [-0.4, -0.2) is 19.3 Å². The van der Waals surface area contributed by atoms with Gasteiger partial charge in [0.1, 0.15) is 0 Å². The summed E-state index contributed by atoms with van der Waals surface area (Å²) in [6, 6.07) is 6.34. The normalized spacial score (nSPS) is 24.5. The van der Waals surface area contributed by atoms with Crippen LogP contribution in [0.3, 0.4) is 0 Å². The van der Waals surface area contributed by atoms with Crippen molar-refractivity contribution in [3.05, 3.63) is 28.2 Å². The zero-order valence-corrected chi connectivity index (χ0v) is 10.7. The Hall–Kier alpha value is -0.540. The van der Waals surface area contributed by atoms with Gasteiger partial charge in [-0.25, -0.2) is 0 Å². The number of fused-ring (bicyclic) bond motifs is 1. The Kier molecular flexibility index (Phi) is 3.03. The first kappa shape index (κ1) is 11.0. The highest BCUT2D eigenvalue weighted by molar-refractivity contribution is 9.10. The fraction of sp³-hybridized carbons (Fsp3) is 0.500. The van der Waals surface area contributed by atoms with Crippen molar-refractivity contribution in [2.75, 3.05) is 19.0 Å². The number of rotatable bonds is 2. The molecule has 0 saturated carbocycles. The number of nitrogens with one attached hydrogen (secondary N) is 1. The average Bonchev–Trinajstić information content (AvgIpc) is 2.20. The molecule has 2 rings (SSSR count). The molecule has 1 aliphatic rings. The molecule has 0 bridgehead atoms. The minimum absolute atomic E-state index is 0.0611. The van der Waals surface area contributed by atoms with Crippen LogP contribution in [0, 0.1) is 0 Å². The molecular weight excluding hydrogens is 254 g/mol. The van der Waals surface area contributed by atoms with Gasteiger partial charge in [0.2, 0.25) is 0 Å². The Morgan fingerprint density at radius 3 is 3.07 bits per heavy atom. The van der Waals surface area contributed by atoms with Gasteiger partial charge in [-0.05, 0) is 47.3 Å². The van der Waals surface area contributed by atoms with Gasteiger partial charge < -0.3 is 10.1 Å². The molecule has 0 saturated heterocycles. The van der Waals surface area contributed by atoms with Gasteiger partial charge in [-0.2, -0.15) is 0 Å². The van der Waals surface area contributed by atoms with Crippen LogP contribution in [0.25, 0.3) is 0 Å². The van der Waals surface area contributed by atoms with Crippen molar-refractivity contribution in [3.63, 3.8) is 0 Å². The second-order valence-electron chi connectivity index (χ2n) is 4.39. The van der Waals surface area contributed by atoms with Crippen molar-refractivity contribution < 1.29 is 4.74 Å². The summed E-state index contributed by atoms with van der Waals surface area (Å²) in [5.41, 5.74) is 2.67. The molecule has 2 nitrogen and oxygen atoms in total.